The number of aromatic nitrogens is 3. The molecule has 3 heterocycles. The zero-order valence-electron chi connectivity index (χ0n) is 11.5. The molecule has 0 atom stereocenters. The molecule has 110 valence electrons. The van der Waals surface area contributed by atoms with Gasteiger partial charge in [-0.3, -0.25) is 5.10 Å². The van der Waals surface area contributed by atoms with Crippen LogP contribution in [0.3, 0.4) is 0 Å². The van der Waals surface area contributed by atoms with Crippen LogP contribution in [-0.2, 0) is 14.8 Å². The summed E-state index contributed by atoms with van der Waals surface area (Å²) in [5, 5.41) is 7.21. The monoisotopic (exact) mass is 298 g/mol. The Morgan fingerprint density at radius 1 is 1.30 bits per heavy atom. The highest BCUT2D eigenvalue weighted by atomic mass is 32.2. The second kappa shape index (κ2) is 6.29. The standard InChI is InChI=1S/C10H12N4O2S.C2H6O/c15-17(16,14-6-1-2-7-14)10-8-4-3-5-11-9(8)12-13-10;1-3-2/h3-5H,1-2,6-7H2,(H,11,12,13);1-2H3. The van der Waals surface area contributed by atoms with Crippen molar-refractivity contribution >= 4 is 21.1 Å². The Balaban J connectivity index is 0.000000452. The maximum atomic E-state index is 12.3. The Hall–Kier alpha value is -1.51. The van der Waals surface area contributed by atoms with E-state index < -0.39 is 10.0 Å². The highest BCUT2D eigenvalue weighted by molar-refractivity contribution is 7.89. The third kappa shape index (κ3) is 2.82. The number of hydrogen-bond acceptors (Lipinski definition) is 5. The zero-order chi connectivity index (χ0) is 14.6. The van der Waals surface area contributed by atoms with Crippen LogP contribution in [0.1, 0.15) is 12.8 Å². The van der Waals surface area contributed by atoms with Crippen LogP contribution in [0, 0.1) is 0 Å². The molecule has 0 unspecified atom stereocenters. The summed E-state index contributed by atoms with van der Waals surface area (Å²) in [6, 6.07) is 3.43. The summed E-state index contributed by atoms with van der Waals surface area (Å²) in [7, 11) is -0.197. The number of ether oxygens (including phenoxy) is 1. The van der Waals surface area contributed by atoms with Gasteiger partial charge in [-0.15, -0.1) is 0 Å². The van der Waals surface area contributed by atoms with E-state index in [9.17, 15) is 8.42 Å². The number of H-pyrrole nitrogens is 1. The van der Waals surface area contributed by atoms with E-state index in [1.165, 1.54) is 4.31 Å². The molecule has 7 nitrogen and oxygen atoms in total. The van der Waals surface area contributed by atoms with Crippen molar-refractivity contribution in [1.82, 2.24) is 19.5 Å². The van der Waals surface area contributed by atoms with Crippen molar-refractivity contribution in [2.75, 3.05) is 27.3 Å². The molecule has 0 saturated carbocycles. The summed E-state index contributed by atoms with van der Waals surface area (Å²) in [6.07, 6.45) is 3.43. The van der Waals surface area contributed by atoms with Gasteiger partial charge in [-0.1, -0.05) is 0 Å². The molecule has 0 spiro atoms. The summed E-state index contributed by atoms with van der Waals surface area (Å²) >= 11 is 0. The number of nitrogens with one attached hydrogen (secondary N) is 1. The number of pyridine rings is 1. The number of rotatable bonds is 2. The maximum Gasteiger partial charge on any atom is 0.260 e. The summed E-state index contributed by atoms with van der Waals surface area (Å²) in [5.41, 5.74) is 0.435. The topological polar surface area (TPSA) is 88.2 Å². The first kappa shape index (κ1) is 14.9. The van der Waals surface area contributed by atoms with Crippen LogP contribution < -0.4 is 0 Å². The average Bonchev–Trinajstić information content (AvgIpc) is 3.10. The lowest BCUT2D eigenvalue weighted by Gasteiger charge is -2.13. The van der Waals surface area contributed by atoms with Gasteiger partial charge in [0.15, 0.2) is 10.7 Å². The minimum atomic E-state index is -3.45. The van der Waals surface area contributed by atoms with E-state index >= 15 is 0 Å². The van der Waals surface area contributed by atoms with Crippen molar-refractivity contribution in [2.45, 2.75) is 17.9 Å². The second-order valence-electron chi connectivity index (χ2n) is 4.45. The van der Waals surface area contributed by atoms with E-state index in [1.54, 1.807) is 32.5 Å². The number of fused-ring (bicyclic) bond motifs is 1. The molecule has 1 N–H and O–H groups in total. The predicted molar refractivity (Wildman–Crippen MR) is 74.8 cm³/mol. The van der Waals surface area contributed by atoms with Crippen LogP contribution in [0.2, 0.25) is 0 Å². The van der Waals surface area contributed by atoms with Crippen molar-refractivity contribution in [3.63, 3.8) is 0 Å². The van der Waals surface area contributed by atoms with Gasteiger partial charge in [0.2, 0.25) is 0 Å². The van der Waals surface area contributed by atoms with Crippen LogP contribution in [0.5, 0.6) is 0 Å². The third-order valence-electron chi connectivity index (χ3n) is 2.96. The molecule has 0 radical (unpaired) electrons. The number of hydrogen-bond donors (Lipinski definition) is 1. The minimum Gasteiger partial charge on any atom is -0.388 e. The van der Waals surface area contributed by atoms with E-state index in [0.717, 1.165) is 12.8 Å². The largest absolute Gasteiger partial charge is 0.388 e. The Morgan fingerprint density at radius 2 is 1.95 bits per heavy atom. The van der Waals surface area contributed by atoms with Gasteiger partial charge in [-0.2, -0.15) is 9.40 Å². The molecule has 1 saturated heterocycles. The fraction of sp³-hybridized carbons (Fsp3) is 0.500. The van der Waals surface area contributed by atoms with E-state index in [4.69, 9.17) is 0 Å². The molecule has 0 aliphatic carbocycles. The van der Waals surface area contributed by atoms with E-state index in [0.29, 0.717) is 24.1 Å². The van der Waals surface area contributed by atoms with Gasteiger partial charge in [-0.05, 0) is 25.0 Å². The zero-order valence-corrected chi connectivity index (χ0v) is 12.4. The molecule has 0 aromatic carbocycles. The van der Waals surface area contributed by atoms with Gasteiger partial charge in [-0.25, -0.2) is 13.4 Å². The second-order valence-corrected chi connectivity index (χ2v) is 6.32. The summed E-state index contributed by atoms with van der Waals surface area (Å²) in [4.78, 5) is 4.02. The molecule has 1 aliphatic rings. The minimum absolute atomic E-state index is 0.155. The highest BCUT2D eigenvalue weighted by Crippen LogP contribution is 2.24. The fourth-order valence-electron chi connectivity index (χ4n) is 2.08. The molecule has 1 fully saturated rings. The van der Waals surface area contributed by atoms with Gasteiger partial charge >= 0.3 is 0 Å². The fourth-order valence-corrected chi connectivity index (χ4v) is 3.68. The van der Waals surface area contributed by atoms with Crippen molar-refractivity contribution < 1.29 is 13.2 Å². The molecule has 1 aliphatic heterocycles. The number of aromatic amines is 1. The molecule has 8 heteroatoms. The van der Waals surface area contributed by atoms with E-state index in [2.05, 4.69) is 19.9 Å². The Bertz CT molecular complexity index is 662. The summed E-state index contributed by atoms with van der Waals surface area (Å²) in [6.45, 7) is 1.17. The normalized spacial score (nSPS) is 16.1. The SMILES string of the molecule is COC.O=S(=O)(c1[nH]nc2ncccc12)N1CCCC1. The van der Waals surface area contributed by atoms with Gasteiger partial charge in [0, 0.05) is 33.5 Å². The van der Waals surface area contributed by atoms with Crippen molar-refractivity contribution in [2.24, 2.45) is 0 Å². The summed E-state index contributed by atoms with van der Waals surface area (Å²) in [5.74, 6) is 0. The Kier molecular flexibility index (Phi) is 4.69. The van der Waals surface area contributed by atoms with E-state index in [-0.39, 0.29) is 5.03 Å². The lowest BCUT2D eigenvalue weighted by atomic mass is 10.4. The lowest BCUT2D eigenvalue weighted by Crippen LogP contribution is -2.28. The molecule has 0 bridgehead atoms. The highest BCUT2D eigenvalue weighted by Gasteiger charge is 2.30. The average molecular weight is 298 g/mol. The van der Waals surface area contributed by atoms with E-state index in [1.807, 2.05) is 0 Å². The molecule has 2 aromatic heterocycles. The van der Waals surface area contributed by atoms with Gasteiger partial charge in [0.05, 0.1) is 5.39 Å². The van der Waals surface area contributed by atoms with Gasteiger partial charge in [0.25, 0.3) is 10.0 Å². The van der Waals surface area contributed by atoms with Crippen molar-refractivity contribution in [3.05, 3.63) is 18.3 Å². The number of sulfonamides is 1. The van der Waals surface area contributed by atoms with Gasteiger partial charge < -0.3 is 4.74 Å². The van der Waals surface area contributed by atoms with Gasteiger partial charge in [0.1, 0.15) is 0 Å². The molecule has 0 amide bonds. The van der Waals surface area contributed by atoms with Crippen LogP contribution >= 0.6 is 0 Å². The lowest BCUT2D eigenvalue weighted by molar-refractivity contribution is 0.277. The van der Waals surface area contributed by atoms with Crippen LogP contribution in [-0.4, -0.2) is 55.2 Å². The Labute approximate surface area is 118 Å². The first-order chi connectivity index (χ1) is 9.61. The first-order valence-electron chi connectivity index (χ1n) is 6.30. The molecular weight excluding hydrogens is 280 g/mol. The predicted octanol–water partition coefficient (Wildman–Crippen LogP) is 1.00. The van der Waals surface area contributed by atoms with Crippen LogP contribution in [0.4, 0.5) is 0 Å². The third-order valence-corrected chi connectivity index (χ3v) is 4.83. The molecular formula is C12H18N4O3S. The van der Waals surface area contributed by atoms with Crippen molar-refractivity contribution in [3.8, 4) is 0 Å². The molecule has 2 aromatic rings. The van der Waals surface area contributed by atoms with Crippen LogP contribution in [0.25, 0.3) is 11.0 Å². The first-order valence-corrected chi connectivity index (χ1v) is 7.74. The summed E-state index contributed by atoms with van der Waals surface area (Å²) < 4.78 is 30.4. The van der Waals surface area contributed by atoms with Crippen LogP contribution in [0.15, 0.2) is 23.4 Å². The van der Waals surface area contributed by atoms with Crippen molar-refractivity contribution in [1.29, 1.82) is 0 Å². The number of methoxy groups -OCH3 is 1. The Morgan fingerprint density at radius 3 is 2.60 bits per heavy atom. The molecule has 20 heavy (non-hydrogen) atoms. The smallest absolute Gasteiger partial charge is 0.260 e. The number of nitrogens with zero attached hydrogens (tertiary/aromatic N) is 3. The molecule has 3 rings (SSSR count). The quantitative estimate of drug-likeness (QED) is 0.893. The maximum absolute atomic E-state index is 12.3.